The zero-order valence-electron chi connectivity index (χ0n) is 11.0. The summed E-state index contributed by atoms with van der Waals surface area (Å²) in [5.41, 5.74) is 0.858. The number of amides is 1. The van der Waals surface area contributed by atoms with E-state index in [2.05, 4.69) is 11.9 Å². The Hall–Kier alpha value is -2.30. The molecule has 1 atom stereocenters. The molecule has 0 aliphatic rings. The van der Waals surface area contributed by atoms with E-state index in [4.69, 9.17) is 9.84 Å². The fraction of sp³-hybridized carbons (Fsp3) is 0.286. The Bertz CT molecular complexity index is 496. The molecule has 0 aliphatic carbocycles. The third-order valence-electron chi connectivity index (χ3n) is 2.46. The van der Waals surface area contributed by atoms with Crippen molar-refractivity contribution in [3.8, 4) is 5.75 Å². The topological polar surface area (TPSA) is 75.6 Å². The third-order valence-corrected chi connectivity index (χ3v) is 2.46. The minimum absolute atomic E-state index is 0.0448. The van der Waals surface area contributed by atoms with E-state index in [1.54, 1.807) is 32.1 Å². The molecule has 102 valence electrons. The van der Waals surface area contributed by atoms with Gasteiger partial charge in [0.05, 0.1) is 0 Å². The first kappa shape index (κ1) is 14.8. The second kappa shape index (κ2) is 6.58. The van der Waals surface area contributed by atoms with Crippen LogP contribution in [0.5, 0.6) is 5.75 Å². The van der Waals surface area contributed by atoms with Crippen LogP contribution in [0, 0.1) is 6.92 Å². The van der Waals surface area contributed by atoms with Crippen LogP contribution in [0.3, 0.4) is 0 Å². The van der Waals surface area contributed by atoms with E-state index >= 15 is 0 Å². The van der Waals surface area contributed by atoms with Crippen LogP contribution in [0.4, 0.5) is 0 Å². The van der Waals surface area contributed by atoms with Gasteiger partial charge in [-0.15, -0.1) is 6.58 Å². The molecule has 5 heteroatoms. The first-order chi connectivity index (χ1) is 8.95. The number of carbonyl (C=O) groups excluding carboxylic acids is 1. The lowest BCUT2D eigenvalue weighted by atomic mass is 10.1. The fourth-order valence-corrected chi connectivity index (χ4v) is 1.47. The summed E-state index contributed by atoms with van der Waals surface area (Å²) in [6.07, 6.45) is 0.778. The quantitative estimate of drug-likeness (QED) is 0.767. The summed E-state index contributed by atoms with van der Waals surface area (Å²) in [5, 5.41) is 11.7. The van der Waals surface area contributed by atoms with Gasteiger partial charge in [-0.2, -0.15) is 0 Å². The van der Waals surface area contributed by atoms with Crippen molar-refractivity contribution in [2.24, 2.45) is 0 Å². The molecule has 0 heterocycles. The summed E-state index contributed by atoms with van der Waals surface area (Å²) in [7, 11) is 0. The van der Waals surface area contributed by atoms with Crippen molar-refractivity contribution in [3.05, 3.63) is 42.0 Å². The highest BCUT2D eigenvalue weighted by Crippen LogP contribution is 2.21. The molecule has 1 amide bonds. The molecule has 0 aliphatic heterocycles. The van der Waals surface area contributed by atoms with Crippen molar-refractivity contribution in [3.63, 3.8) is 0 Å². The number of carbonyl (C=O) groups is 2. The van der Waals surface area contributed by atoms with Gasteiger partial charge in [-0.3, -0.25) is 4.79 Å². The molecular formula is C14H17NO4. The lowest BCUT2D eigenvalue weighted by Crippen LogP contribution is -2.36. The zero-order chi connectivity index (χ0) is 14.4. The maximum absolute atomic E-state index is 11.6. The van der Waals surface area contributed by atoms with E-state index in [-0.39, 0.29) is 17.2 Å². The molecule has 0 bridgehead atoms. The third kappa shape index (κ3) is 4.13. The predicted octanol–water partition coefficient (Wildman–Crippen LogP) is 1.76. The molecule has 0 spiro atoms. The Morgan fingerprint density at radius 1 is 1.53 bits per heavy atom. The molecule has 0 radical (unpaired) electrons. The maximum Gasteiger partial charge on any atom is 0.339 e. The summed E-state index contributed by atoms with van der Waals surface area (Å²) in [4.78, 5) is 22.7. The Morgan fingerprint density at radius 2 is 2.21 bits per heavy atom. The fourth-order valence-electron chi connectivity index (χ4n) is 1.47. The minimum Gasteiger partial charge on any atom is -0.480 e. The molecule has 19 heavy (non-hydrogen) atoms. The van der Waals surface area contributed by atoms with Crippen LogP contribution >= 0.6 is 0 Å². The van der Waals surface area contributed by atoms with Gasteiger partial charge in [0.25, 0.3) is 5.91 Å². The second-order valence-corrected chi connectivity index (χ2v) is 4.10. The van der Waals surface area contributed by atoms with Crippen LogP contribution in [-0.2, 0) is 4.79 Å². The molecular weight excluding hydrogens is 246 g/mol. The molecule has 5 nitrogen and oxygen atoms in total. The number of nitrogens with one attached hydrogen (secondary N) is 1. The Labute approximate surface area is 111 Å². The van der Waals surface area contributed by atoms with Crippen LogP contribution < -0.4 is 10.1 Å². The Morgan fingerprint density at radius 3 is 2.79 bits per heavy atom. The van der Waals surface area contributed by atoms with Gasteiger partial charge >= 0.3 is 5.97 Å². The summed E-state index contributed by atoms with van der Waals surface area (Å²) >= 11 is 0. The van der Waals surface area contributed by atoms with Crippen LogP contribution in [-0.4, -0.2) is 29.6 Å². The van der Waals surface area contributed by atoms with Gasteiger partial charge in [0.15, 0.2) is 6.10 Å². The SMILES string of the molecule is C=CCNC(=O)[C@H](C)Oc1ccc(C)cc1C(=O)O. The maximum atomic E-state index is 11.6. The van der Waals surface area contributed by atoms with Gasteiger partial charge in [-0.05, 0) is 26.0 Å². The molecule has 0 aromatic heterocycles. The number of ether oxygens (including phenoxy) is 1. The van der Waals surface area contributed by atoms with Crippen molar-refractivity contribution in [1.29, 1.82) is 0 Å². The highest BCUT2D eigenvalue weighted by Gasteiger charge is 2.18. The van der Waals surface area contributed by atoms with Crippen molar-refractivity contribution in [2.75, 3.05) is 6.54 Å². The van der Waals surface area contributed by atoms with Crippen molar-refractivity contribution < 1.29 is 19.4 Å². The molecule has 2 N–H and O–H groups in total. The average Bonchev–Trinajstić information content (AvgIpc) is 2.37. The van der Waals surface area contributed by atoms with E-state index < -0.39 is 12.1 Å². The van der Waals surface area contributed by atoms with Crippen molar-refractivity contribution in [1.82, 2.24) is 5.32 Å². The number of carboxylic acids is 1. The standard InChI is InChI=1S/C14H17NO4/c1-4-7-15-13(16)10(3)19-12-6-5-9(2)8-11(12)14(17)18/h4-6,8,10H,1,7H2,2-3H3,(H,15,16)(H,17,18)/t10-/m0/s1. The molecule has 1 aromatic rings. The number of hydrogen-bond acceptors (Lipinski definition) is 3. The Kier molecular flexibility index (Phi) is 5.11. The largest absolute Gasteiger partial charge is 0.480 e. The smallest absolute Gasteiger partial charge is 0.339 e. The van der Waals surface area contributed by atoms with Crippen LogP contribution in [0.2, 0.25) is 0 Å². The minimum atomic E-state index is -1.09. The molecule has 1 aromatic carbocycles. The monoisotopic (exact) mass is 263 g/mol. The molecule has 0 fully saturated rings. The first-order valence-corrected chi connectivity index (χ1v) is 5.85. The number of hydrogen-bond donors (Lipinski definition) is 2. The summed E-state index contributed by atoms with van der Waals surface area (Å²) in [5.74, 6) is -1.23. The summed E-state index contributed by atoms with van der Waals surface area (Å²) in [6.45, 7) is 7.18. The first-order valence-electron chi connectivity index (χ1n) is 5.85. The number of carboxylic acid groups (broad SMARTS) is 1. The number of aromatic carboxylic acids is 1. The normalized spacial score (nSPS) is 11.5. The second-order valence-electron chi connectivity index (χ2n) is 4.10. The summed E-state index contributed by atoms with van der Waals surface area (Å²) in [6, 6.07) is 4.79. The average molecular weight is 263 g/mol. The van der Waals surface area contributed by atoms with E-state index in [9.17, 15) is 9.59 Å². The highest BCUT2D eigenvalue weighted by atomic mass is 16.5. The number of benzene rings is 1. The number of rotatable bonds is 6. The van der Waals surface area contributed by atoms with Gasteiger partial charge in [0.2, 0.25) is 0 Å². The van der Waals surface area contributed by atoms with Gasteiger partial charge in [-0.1, -0.05) is 17.7 Å². The predicted molar refractivity (Wildman–Crippen MR) is 71.4 cm³/mol. The van der Waals surface area contributed by atoms with Gasteiger partial charge in [-0.25, -0.2) is 4.79 Å². The lowest BCUT2D eigenvalue weighted by molar-refractivity contribution is -0.127. The van der Waals surface area contributed by atoms with E-state index in [1.165, 1.54) is 6.07 Å². The molecule has 0 saturated carbocycles. The number of aryl methyl sites for hydroxylation is 1. The van der Waals surface area contributed by atoms with Gasteiger partial charge < -0.3 is 15.2 Å². The van der Waals surface area contributed by atoms with Crippen molar-refractivity contribution in [2.45, 2.75) is 20.0 Å². The molecule has 0 unspecified atom stereocenters. The van der Waals surface area contributed by atoms with Gasteiger partial charge in [0, 0.05) is 6.54 Å². The zero-order valence-corrected chi connectivity index (χ0v) is 11.0. The van der Waals surface area contributed by atoms with Crippen LogP contribution in [0.15, 0.2) is 30.9 Å². The molecule has 1 rings (SSSR count). The van der Waals surface area contributed by atoms with Crippen LogP contribution in [0.25, 0.3) is 0 Å². The van der Waals surface area contributed by atoms with E-state index in [0.717, 1.165) is 5.56 Å². The lowest BCUT2D eigenvalue weighted by Gasteiger charge is -2.16. The van der Waals surface area contributed by atoms with E-state index in [1.807, 2.05) is 0 Å². The Balaban J connectivity index is 2.84. The van der Waals surface area contributed by atoms with Gasteiger partial charge in [0.1, 0.15) is 11.3 Å². The van der Waals surface area contributed by atoms with Crippen LogP contribution in [0.1, 0.15) is 22.8 Å². The highest BCUT2D eigenvalue weighted by molar-refractivity contribution is 5.91. The molecule has 0 saturated heterocycles. The summed E-state index contributed by atoms with van der Waals surface area (Å²) < 4.78 is 5.39. The van der Waals surface area contributed by atoms with E-state index in [0.29, 0.717) is 6.54 Å². The van der Waals surface area contributed by atoms with Crippen molar-refractivity contribution >= 4 is 11.9 Å².